The minimum Gasteiger partial charge on any atom is -0.348 e. The van der Waals surface area contributed by atoms with Gasteiger partial charge < -0.3 is 10.2 Å². The molecule has 2 heterocycles. The quantitative estimate of drug-likeness (QED) is 0.925. The van der Waals surface area contributed by atoms with E-state index in [0.717, 1.165) is 36.1 Å². The number of aromatic nitrogens is 1. The van der Waals surface area contributed by atoms with Gasteiger partial charge in [-0.2, -0.15) is 0 Å². The molecule has 5 heteroatoms. The maximum Gasteiger partial charge on any atom is 0.263 e. The number of amides is 1. The van der Waals surface area contributed by atoms with Crippen LogP contribution in [0.25, 0.3) is 0 Å². The molecule has 2 rings (SSSR count). The minimum absolute atomic E-state index is 0.0185. The van der Waals surface area contributed by atoms with Crippen LogP contribution in [0.15, 0.2) is 5.51 Å². The third kappa shape index (κ3) is 4.53. The number of nitrogens with one attached hydrogen (secondary N) is 1. The summed E-state index contributed by atoms with van der Waals surface area (Å²) in [6.07, 6.45) is 2.60. The standard InChI is InChI=1S/C17H29N3OS/c1-12-7-6-8-20(9-12)10-13(2)19-16(21)14-15(17(3,4)5)18-11-22-14/h11-13H,6-10H2,1-5H3,(H,19,21). The van der Waals surface area contributed by atoms with Crippen LogP contribution in [0.2, 0.25) is 0 Å². The Kier molecular flexibility index (Phi) is 5.61. The molecular formula is C17H29N3OS. The van der Waals surface area contributed by atoms with Crippen molar-refractivity contribution >= 4 is 17.2 Å². The lowest BCUT2D eigenvalue weighted by Crippen LogP contribution is -2.45. The third-order valence-corrected chi connectivity index (χ3v) is 4.96. The van der Waals surface area contributed by atoms with E-state index in [1.807, 2.05) is 0 Å². The van der Waals surface area contributed by atoms with E-state index in [-0.39, 0.29) is 17.4 Å². The van der Waals surface area contributed by atoms with Crippen LogP contribution < -0.4 is 5.32 Å². The molecule has 0 saturated carbocycles. The number of carbonyl (C=O) groups is 1. The second-order valence-electron chi connectivity index (χ2n) is 7.66. The molecule has 1 saturated heterocycles. The normalized spacial score (nSPS) is 21.6. The largest absolute Gasteiger partial charge is 0.348 e. The highest BCUT2D eigenvalue weighted by Gasteiger charge is 2.26. The van der Waals surface area contributed by atoms with Crippen molar-refractivity contribution < 1.29 is 4.79 Å². The summed E-state index contributed by atoms with van der Waals surface area (Å²) in [6, 6.07) is 0.160. The lowest BCUT2D eigenvalue weighted by Gasteiger charge is -2.32. The third-order valence-electron chi connectivity index (χ3n) is 4.13. The fourth-order valence-corrected chi connectivity index (χ4v) is 4.02. The van der Waals surface area contributed by atoms with Gasteiger partial charge in [0.05, 0.1) is 11.2 Å². The first-order valence-corrected chi connectivity index (χ1v) is 9.12. The molecule has 1 N–H and O–H groups in total. The zero-order valence-electron chi connectivity index (χ0n) is 14.5. The van der Waals surface area contributed by atoms with Gasteiger partial charge in [-0.05, 0) is 32.2 Å². The van der Waals surface area contributed by atoms with E-state index in [2.05, 4.69) is 49.8 Å². The number of carbonyl (C=O) groups excluding carboxylic acids is 1. The van der Waals surface area contributed by atoms with Crippen molar-refractivity contribution in [2.45, 2.75) is 58.9 Å². The molecule has 1 aromatic rings. The SMILES string of the molecule is CC1CCCN(CC(C)NC(=O)c2scnc2C(C)(C)C)C1. The van der Waals surface area contributed by atoms with Gasteiger partial charge >= 0.3 is 0 Å². The first-order chi connectivity index (χ1) is 10.3. The van der Waals surface area contributed by atoms with E-state index in [9.17, 15) is 4.79 Å². The van der Waals surface area contributed by atoms with Crippen molar-refractivity contribution in [3.05, 3.63) is 16.1 Å². The van der Waals surface area contributed by atoms with Crippen LogP contribution in [0.4, 0.5) is 0 Å². The molecule has 1 aliphatic rings. The molecule has 22 heavy (non-hydrogen) atoms. The summed E-state index contributed by atoms with van der Waals surface area (Å²) in [7, 11) is 0. The summed E-state index contributed by atoms with van der Waals surface area (Å²) >= 11 is 1.44. The fourth-order valence-electron chi connectivity index (χ4n) is 3.12. The molecular weight excluding hydrogens is 294 g/mol. The van der Waals surface area contributed by atoms with Crippen LogP contribution in [0.5, 0.6) is 0 Å². The van der Waals surface area contributed by atoms with Crippen LogP contribution in [0.3, 0.4) is 0 Å². The first kappa shape index (κ1) is 17.4. The van der Waals surface area contributed by atoms with Gasteiger partial charge in [0.25, 0.3) is 5.91 Å². The molecule has 1 aromatic heterocycles. The van der Waals surface area contributed by atoms with Gasteiger partial charge in [-0.15, -0.1) is 11.3 Å². The molecule has 1 amide bonds. The molecule has 1 aliphatic heterocycles. The molecule has 0 aromatic carbocycles. The molecule has 2 atom stereocenters. The Morgan fingerprint density at radius 3 is 2.91 bits per heavy atom. The number of likely N-dealkylation sites (tertiary alicyclic amines) is 1. The molecule has 0 bridgehead atoms. The number of rotatable bonds is 4. The van der Waals surface area contributed by atoms with E-state index in [1.54, 1.807) is 5.51 Å². The number of hydrogen-bond acceptors (Lipinski definition) is 4. The van der Waals surface area contributed by atoms with Gasteiger partial charge in [-0.3, -0.25) is 4.79 Å². The molecule has 0 radical (unpaired) electrons. The number of thiazole rings is 1. The van der Waals surface area contributed by atoms with Crippen molar-refractivity contribution in [3.8, 4) is 0 Å². The average Bonchev–Trinajstić information content (AvgIpc) is 2.87. The van der Waals surface area contributed by atoms with Crippen molar-refractivity contribution in [2.24, 2.45) is 5.92 Å². The Hall–Kier alpha value is -0.940. The highest BCUT2D eigenvalue weighted by atomic mass is 32.1. The number of nitrogens with zero attached hydrogens (tertiary/aromatic N) is 2. The maximum absolute atomic E-state index is 12.5. The predicted octanol–water partition coefficient (Wildman–Crippen LogP) is 3.29. The topological polar surface area (TPSA) is 45.2 Å². The van der Waals surface area contributed by atoms with Crippen LogP contribution in [-0.2, 0) is 5.41 Å². The molecule has 4 nitrogen and oxygen atoms in total. The molecule has 0 aliphatic carbocycles. The Labute approximate surface area is 138 Å². The monoisotopic (exact) mass is 323 g/mol. The second kappa shape index (κ2) is 7.09. The van der Waals surface area contributed by atoms with E-state index in [1.165, 1.54) is 24.2 Å². The fraction of sp³-hybridized carbons (Fsp3) is 0.765. The average molecular weight is 324 g/mol. The van der Waals surface area contributed by atoms with Crippen LogP contribution >= 0.6 is 11.3 Å². The summed E-state index contributed by atoms with van der Waals surface area (Å²) in [5.74, 6) is 0.788. The molecule has 124 valence electrons. The van der Waals surface area contributed by atoms with Crippen molar-refractivity contribution in [2.75, 3.05) is 19.6 Å². The van der Waals surface area contributed by atoms with Gasteiger partial charge in [-0.25, -0.2) is 4.98 Å². The zero-order chi connectivity index (χ0) is 16.3. The molecule has 0 spiro atoms. The van der Waals surface area contributed by atoms with E-state index in [0.29, 0.717) is 0 Å². The van der Waals surface area contributed by atoms with Gasteiger partial charge in [-0.1, -0.05) is 27.7 Å². The van der Waals surface area contributed by atoms with Crippen LogP contribution in [0, 0.1) is 5.92 Å². The van der Waals surface area contributed by atoms with Crippen molar-refractivity contribution in [1.82, 2.24) is 15.2 Å². The summed E-state index contributed by atoms with van der Waals surface area (Å²) in [4.78, 5) is 20.1. The van der Waals surface area contributed by atoms with E-state index >= 15 is 0 Å². The zero-order valence-corrected chi connectivity index (χ0v) is 15.3. The Morgan fingerprint density at radius 1 is 1.55 bits per heavy atom. The van der Waals surface area contributed by atoms with Gasteiger partial charge in [0.1, 0.15) is 4.88 Å². The van der Waals surface area contributed by atoms with Gasteiger partial charge in [0, 0.05) is 24.5 Å². The number of hydrogen-bond donors (Lipinski definition) is 1. The van der Waals surface area contributed by atoms with Gasteiger partial charge in [0.15, 0.2) is 0 Å². The highest BCUT2D eigenvalue weighted by Crippen LogP contribution is 2.27. The summed E-state index contributed by atoms with van der Waals surface area (Å²) in [5, 5.41) is 3.15. The van der Waals surface area contributed by atoms with E-state index < -0.39 is 0 Å². The molecule has 2 unspecified atom stereocenters. The minimum atomic E-state index is -0.0990. The van der Waals surface area contributed by atoms with Crippen molar-refractivity contribution in [1.29, 1.82) is 0 Å². The summed E-state index contributed by atoms with van der Waals surface area (Å²) in [5.41, 5.74) is 2.57. The second-order valence-corrected chi connectivity index (χ2v) is 8.52. The Balaban J connectivity index is 1.93. The van der Waals surface area contributed by atoms with Crippen LogP contribution in [0.1, 0.15) is 62.8 Å². The number of piperidine rings is 1. The summed E-state index contributed by atoms with van der Waals surface area (Å²) < 4.78 is 0. The van der Waals surface area contributed by atoms with E-state index in [4.69, 9.17) is 0 Å². The Bertz CT molecular complexity index is 506. The highest BCUT2D eigenvalue weighted by molar-refractivity contribution is 7.11. The van der Waals surface area contributed by atoms with Gasteiger partial charge in [0.2, 0.25) is 0 Å². The Morgan fingerprint density at radius 2 is 2.27 bits per heavy atom. The van der Waals surface area contributed by atoms with Crippen LogP contribution in [-0.4, -0.2) is 41.5 Å². The first-order valence-electron chi connectivity index (χ1n) is 8.24. The lowest BCUT2D eigenvalue weighted by molar-refractivity contribution is 0.0921. The van der Waals surface area contributed by atoms with Crippen molar-refractivity contribution in [3.63, 3.8) is 0 Å². The maximum atomic E-state index is 12.5. The lowest BCUT2D eigenvalue weighted by atomic mass is 9.91. The predicted molar refractivity (Wildman–Crippen MR) is 92.6 cm³/mol. The molecule has 1 fully saturated rings. The smallest absolute Gasteiger partial charge is 0.263 e. The summed E-state index contributed by atoms with van der Waals surface area (Å²) in [6.45, 7) is 13.9.